The molecule has 2 aromatic carbocycles. The van der Waals surface area contributed by atoms with E-state index in [1.807, 2.05) is 25.1 Å². The second-order valence-corrected chi connectivity index (χ2v) is 5.05. The van der Waals surface area contributed by atoms with Gasteiger partial charge in [-0.3, -0.25) is 4.79 Å². The van der Waals surface area contributed by atoms with Crippen LogP contribution in [-0.2, 0) is 9.53 Å². The first-order valence-corrected chi connectivity index (χ1v) is 7.23. The topological polar surface area (TPSA) is 64.6 Å². The number of para-hydroxylation sites is 2. The van der Waals surface area contributed by atoms with E-state index in [2.05, 4.69) is 5.32 Å². The molecule has 0 fully saturated rings. The first kappa shape index (κ1) is 16.5. The number of amides is 1. The molecule has 5 heteroatoms. The molecule has 1 amide bonds. The normalized spacial score (nSPS) is 11.4. The zero-order valence-electron chi connectivity index (χ0n) is 13.3. The van der Waals surface area contributed by atoms with Gasteiger partial charge in [-0.05, 0) is 37.6 Å². The van der Waals surface area contributed by atoms with E-state index in [-0.39, 0.29) is 11.5 Å². The summed E-state index contributed by atoms with van der Waals surface area (Å²) in [6, 6.07) is 14.1. The lowest BCUT2D eigenvalue weighted by Gasteiger charge is -2.15. The minimum atomic E-state index is -0.924. The summed E-state index contributed by atoms with van der Waals surface area (Å²) in [5, 5.41) is 2.75. The lowest BCUT2D eigenvalue weighted by Crippen LogP contribution is -2.30. The van der Waals surface area contributed by atoms with Crippen molar-refractivity contribution in [2.75, 3.05) is 12.4 Å². The summed E-state index contributed by atoms with van der Waals surface area (Å²) in [6.07, 6.45) is -0.924. The van der Waals surface area contributed by atoms with Crippen LogP contribution in [0.25, 0.3) is 0 Å². The lowest BCUT2D eigenvalue weighted by atomic mass is 10.2. The van der Waals surface area contributed by atoms with Crippen LogP contribution < -0.4 is 10.1 Å². The number of rotatable bonds is 5. The number of benzene rings is 2. The van der Waals surface area contributed by atoms with E-state index in [9.17, 15) is 9.59 Å². The Morgan fingerprint density at radius 3 is 2.39 bits per heavy atom. The molecule has 5 nitrogen and oxygen atoms in total. The Bertz CT molecular complexity index is 712. The van der Waals surface area contributed by atoms with E-state index in [1.165, 1.54) is 14.0 Å². The Morgan fingerprint density at radius 1 is 1.04 bits per heavy atom. The SMILES string of the molecule is COc1ccccc1C(=O)O[C@H](C)C(=O)Nc1ccccc1C. The van der Waals surface area contributed by atoms with Crippen molar-refractivity contribution in [2.45, 2.75) is 20.0 Å². The molecule has 0 saturated heterocycles. The first-order chi connectivity index (χ1) is 11.0. The van der Waals surface area contributed by atoms with Gasteiger partial charge in [-0.25, -0.2) is 4.79 Å². The maximum absolute atomic E-state index is 12.2. The summed E-state index contributed by atoms with van der Waals surface area (Å²) in [7, 11) is 1.47. The van der Waals surface area contributed by atoms with Crippen molar-refractivity contribution in [1.29, 1.82) is 0 Å². The smallest absolute Gasteiger partial charge is 0.342 e. The number of ether oxygens (including phenoxy) is 2. The molecule has 0 radical (unpaired) electrons. The highest BCUT2D eigenvalue weighted by molar-refractivity contribution is 5.98. The molecule has 23 heavy (non-hydrogen) atoms. The molecule has 2 aromatic rings. The first-order valence-electron chi connectivity index (χ1n) is 7.23. The molecule has 2 rings (SSSR count). The van der Waals surface area contributed by atoms with Crippen molar-refractivity contribution in [3.63, 3.8) is 0 Å². The number of methoxy groups -OCH3 is 1. The van der Waals surface area contributed by atoms with Crippen LogP contribution in [0.15, 0.2) is 48.5 Å². The summed E-state index contributed by atoms with van der Waals surface area (Å²) in [6.45, 7) is 3.42. The summed E-state index contributed by atoms with van der Waals surface area (Å²) in [5.41, 5.74) is 1.91. The Labute approximate surface area is 135 Å². The van der Waals surface area contributed by atoms with E-state index in [1.54, 1.807) is 30.3 Å². The van der Waals surface area contributed by atoms with Gasteiger partial charge in [0.2, 0.25) is 0 Å². The maximum Gasteiger partial charge on any atom is 0.342 e. The molecule has 0 aliphatic heterocycles. The van der Waals surface area contributed by atoms with Gasteiger partial charge >= 0.3 is 5.97 Å². The zero-order chi connectivity index (χ0) is 16.8. The average molecular weight is 313 g/mol. The molecule has 0 spiro atoms. The van der Waals surface area contributed by atoms with Crippen molar-refractivity contribution in [1.82, 2.24) is 0 Å². The number of aryl methyl sites for hydroxylation is 1. The van der Waals surface area contributed by atoms with Crippen molar-refractivity contribution in [3.8, 4) is 5.75 Å². The van der Waals surface area contributed by atoms with Gasteiger partial charge in [0.1, 0.15) is 11.3 Å². The summed E-state index contributed by atoms with van der Waals surface area (Å²) < 4.78 is 10.3. The number of hydrogen-bond acceptors (Lipinski definition) is 4. The Kier molecular flexibility index (Phi) is 5.36. The lowest BCUT2D eigenvalue weighted by molar-refractivity contribution is -0.123. The zero-order valence-corrected chi connectivity index (χ0v) is 13.3. The third kappa shape index (κ3) is 4.10. The highest BCUT2D eigenvalue weighted by atomic mass is 16.5. The predicted octanol–water partition coefficient (Wildman–Crippen LogP) is 3.19. The van der Waals surface area contributed by atoms with E-state index in [4.69, 9.17) is 9.47 Å². The van der Waals surface area contributed by atoms with Gasteiger partial charge in [0, 0.05) is 5.69 Å². The molecule has 0 aliphatic carbocycles. The fourth-order valence-electron chi connectivity index (χ4n) is 2.04. The van der Waals surface area contributed by atoms with Crippen molar-refractivity contribution in [3.05, 3.63) is 59.7 Å². The van der Waals surface area contributed by atoms with Crippen LogP contribution in [0, 0.1) is 6.92 Å². The fraction of sp³-hybridized carbons (Fsp3) is 0.222. The van der Waals surface area contributed by atoms with Crippen LogP contribution in [0.3, 0.4) is 0 Å². The third-order valence-corrected chi connectivity index (χ3v) is 3.38. The minimum absolute atomic E-state index is 0.283. The molecule has 0 saturated carbocycles. The van der Waals surface area contributed by atoms with E-state index in [0.717, 1.165) is 5.56 Å². The van der Waals surface area contributed by atoms with E-state index >= 15 is 0 Å². The number of carbonyl (C=O) groups is 2. The van der Waals surface area contributed by atoms with Crippen LogP contribution in [-0.4, -0.2) is 25.1 Å². The number of nitrogens with one attached hydrogen (secondary N) is 1. The summed E-state index contributed by atoms with van der Waals surface area (Å²) in [4.78, 5) is 24.3. The third-order valence-electron chi connectivity index (χ3n) is 3.38. The van der Waals surface area contributed by atoms with Gasteiger partial charge in [0.05, 0.1) is 7.11 Å². The number of hydrogen-bond donors (Lipinski definition) is 1. The van der Waals surface area contributed by atoms with Crippen LogP contribution in [0.4, 0.5) is 5.69 Å². The molecule has 0 aromatic heterocycles. The summed E-state index contributed by atoms with van der Waals surface area (Å²) >= 11 is 0. The standard InChI is InChI=1S/C18H19NO4/c1-12-8-4-6-10-15(12)19-17(20)13(2)23-18(21)14-9-5-7-11-16(14)22-3/h4-11,13H,1-3H3,(H,19,20)/t13-/m1/s1. The Morgan fingerprint density at radius 2 is 1.70 bits per heavy atom. The van der Waals surface area contributed by atoms with Crippen LogP contribution >= 0.6 is 0 Å². The number of esters is 1. The number of carbonyl (C=O) groups excluding carboxylic acids is 2. The van der Waals surface area contributed by atoms with Gasteiger partial charge in [-0.2, -0.15) is 0 Å². The Hall–Kier alpha value is -2.82. The monoisotopic (exact) mass is 313 g/mol. The quantitative estimate of drug-likeness (QED) is 0.861. The highest BCUT2D eigenvalue weighted by Crippen LogP contribution is 2.19. The van der Waals surface area contributed by atoms with E-state index in [0.29, 0.717) is 11.4 Å². The van der Waals surface area contributed by atoms with Gasteiger partial charge in [-0.15, -0.1) is 0 Å². The second kappa shape index (κ2) is 7.45. The van der Waals surface area contributed by atoms with Gasteiger partial charge in [0.25, 0.3) is 5.91 Å². The van der Waals surface area contributed by atoms with Gasteiger partial charge in [0.15, 0.2) is 6.10 Å². The molecule has 0 unspecified atom stereocenters. The van der Waals surface area contributed by atoms with Gasteiger partial charge in [-0.1, -0.05) is 30.3 Å². The van der Waals surface area contributed by atoms with E-state index < -0.39 is 12.1 Å². The van der Waals surface area contributed by atoms with Crippen LogP contribution in [0.5, 0.6) is 5.75 Å². The van der Waals surface area contributed by atoms with Crippen molar-refractivity contribution >= 4 is 17.6 Å². The average Bonchev–Trinajstić information content (AvgIpc) is 2.56. The molecule has 0 heterocycles. The molecule has 0 bridgehead atoms. The maximum atomic E-state index is 12.2. The summed E-state index contributed by atoms with van der Waals surface area (Å²) in [5.74, 6) is -0.582. The highest BCUT2D eigenvalue weighted by Gasteiger charge is 2.21. The molecule has 0 aliphatic rings. The predicted molar refractivity (Wildman–Crippen MR) is 87.7 cm³/mol. The largest absolute Gasteiger partial charge is 0.496 e. The van der Waals surface area contributed by atoms with Gasteiger partial charge < -0.3 is 14.8 Å². The molecule has 120 valence electrons. The fourth-order valence-corrected chi connectivity index (χ4v) is 2.04. The van der Waals surface area contributed by atoms with Crippen molar-refractivity contribution in [2.24, 2.45) is 0 Å². The van der Waals surface area contributed by atoms with Crippen LogP contribution in [0.1, 0.15) is 22.8 Å². The van der Waals surface area contributed by atoms with Crippen LogP contribution in [0.2, 0.25) is 0 Å². The second-order valence-electron chi connectivity index (χ2n) is 5.05. The molecular formula is C18H19NO4. The molecular weight excluding hydrogens is 294 g/mol. The molecule has 1 atom stereocenters. The number of anilines is 1. The van der Waals surface area contributed by atoms with Crippen molar-refractivity contribution < 1.29 is 19.1 Å². The molecule has 1 N–H and O–H groups in total. The Balaban J connectivity index is 2.03. The minimum Gasteiger partial charge on any atom is -0.496 e.